The number of rotatable bonds is 6. The van der Waals surface area contributed by atoms with Crippen LogP contribution in [0.3, 0.4) is 0 Å². The third-order valence-corrected chi connectivity index (χ3v) is 7.93. The molecule has 184 valence electrons. The number of aromatic nitrogens is 2. The molecular formula is C30H42BrN3. The fourth-order valence-electron chi connectivity index (χ4n) is 5.03. The van der Waals surface area contributed by atoms with E-state index in [2.05, 4.69) is 70.9 Å². The Morgan fingerprint density at radius 1 is 0.912 bits per heavy atom. The molecule has 2 aromatic carbocycles. The molecule has 1 aromatic heterocycles. The highest BCUT2D eigenvalue weighted by Gasteiger charge is 2.22. The lowest BCUT2D eigenvalue weighted by Crippen LogP contribution is -2.19. The van der Waals surface area contributed by atoms with Crippen LogP contribution >= 0.6 is 15.9 Å². The molecule has 3 nitrogen and oxygen atoms in total. The van der Waals surface area contributed by atoms with Crippen molar-refractivity contribution in [3.05, 3.63) is 64.4 Å². The van der Waals surface area contributed by atoms with E-state index in [-0.39, 0.29) is 0 Å². The zero-order valence-electron chi connectivity index (χ0n) is 21.9. The first kappa shape index (κ1) is 26.7. The average Bonchev–Trinajstić information content (AvgIpc) is 2.81. The van der Waals surface area contributed by atoms with Crippen molar-refractivity contribution in [1.29, 1.82) is 0 Å². The predicted octanol–water partition coefficient (Wildman–Crippen LogP) is 8.48. The van der Waals surface area contributed by atoms with Gasteiger partial charge in [-0.1, -0.05) is 86.6 Å². The maximum atomic E-state index is 4.42. The van der Waals surface area contributed by atoms with Gasteiger partial charge in [-0.2, -0.15) is 0 Å². The molecule has 34 heavy (non-hydrogen) atoms. The Morgan fingerprint density at radius 2 is 1.56 bits per heavy atom. The molecule has 1 fully saturated rings. The Bertz CT molecular complexity index is 1020. The van der Waals surface area contributed by atoms with E-state index in [4.69, 9.17) is 0 Å². The second-order valence-electron chi connectivity index (χ2n) is 10.7. The molecule has 4 heteroatoms. The van der Waals surface area contributed by atoms with Crippen molar-refractivity contribution >= 4 is 32.7 Å². The van der Waals surface area contributed by atoms with Crippen molar-refractivity contribution in [3.8, 4) is 0 Å². The SMILES string of the molecule is CC1CCC(CC(C)C(C)Cc2ccc(Br)cc2)CC1.Cc1nc(N(C)C)c2ccccc2n1. The zero-order valence-corrected chi connectivity index (χ0v) is 23.5. The highest BCUT2D eigenvalue weighted by molar-refractivity contribution is 9.10. The van der Waals surface area contributed by atoms with Crippen LogP contribution in [0.5, 0.6) is 0 Å². The first-order valence-electron chi connectivity index (χ1n) is 12.9. The highest BCUT2D eigenvalue weighted by atomic mass is 79.9. The third kappa shape index (κ3) is 7.80. The quantitative estimate of drug-likeness (QED) is 0.324. The number of aryl methyl sites for hydroxylation is 1. The molecule has 1 aliphatic carbocycles. The number of benzene rings is 2. The molecule has 1 saturated carbocycles. The number of para-hydroxylation sites is 1. The molecule has 0 N–H and O–H groups in total. The lowest BCUT2D eigenvalue weighted by Gasteiger charge is -2.30. The summed E-state index contributed by atoms with van der Waals surface area (Å²) in [5, 5.41) is 1.10. The predicted molar refractivity (Wildman–Crippen MR) is 151 cm³/mol. The molecule has 0 amide bonds. The summed E-state index contributed by atoms with van der Waals surface area (Å²) < 4.78 is 1.18. The van der Waals surface area contributed by atoms with E-state index in [1.165, 1.54) is 48.6 Å². The number of anilines is 1. The zero-order chi connectivity index (χ0) is 24.7. The van der Waals surface area contributed by atoms with Crippen LogP contribution in [0.1, 0.15) is 64.3 Å². The van der Waals surface area contributed by atoms with Crippen LogP contribution in [0.2, 0.25) is 0 Å². The molecule has 1 aliphatic rings. The first-order valence-corrected chi connectivity index (χ1v) is 13.7. The Morgan fingerprint density at radius 3 is 2.21 bits per heavy atom. The number of hydrogen-bond donors (Lipinski definition) is 0. The lowest BCUT2D eigenvalue weighted by atomic mass is 9.76. The average molecular weight is 525 g/mol. The van der Waals surface area contributed by atoms with E-state index in [1.807, 2.05) is 50.2 Å². The van der Waals surface area contributed by atoms with Gasteiger partial charge in [-0.05, 0) is 73.3 Å². The molecule has 2 atom stereocenters. The van der Waals surface area contributed by atoms with Crippen molar-refractivity contribution in [2.75, 3.05) is 19.0 Å². The fraction of sp³-hybridized carbons (Fsp3) is 0.533. The van der Waals surface area contributed by atoms with Gasteiger partial charge in [-0.3, -0.25) is 0 Å². The monoisotopic (exact) mass is 523 g/mol. The molecule has 0 saturated heterocycles. The van der Waals surface area contributed by atoms with Gasteiger partial charge in [0.25, 0.3) is 0 Å². The van der Waals surface area contributed by atoms with Gasteiger partial charge in [-0.15, -0.1) is 0 Å². The summed E-state index contributed by atoms with van der Waals surface area (Å²) in [6.07, 6.45) is 8.51. The molecule has 1 heterocycles. The van der Waals surface area contributed by atoms with Crippen LogP contribution in [0.25, 0.3) is 10.9 Å². The number of nitrogens with zero attached hydrogens (tertiary/aromatic N) is 3. The number of fused-ring (bicyclic) bond motifs is 1. The summed E-state index contributed by atoms with van der Waals surface area (Å²) in [4.78, 5) is 10.8. The normalized spacial score (nSPS) is 19.7. The van der Waals surface area contributed by atoms with Gasteiger partial charge in [0.2, 0.25) is 0 Å². The van der Waals surface area contributed by atoms with Crippen LogP contribution in [0.15, 0.2) is 53.0 Å². The molecule has 2 unspecified atom stereocenters. The Labute approximate surface area is 215 Å². The first-order chi connectivity index (χ1) is 16.2. The largest absolute Gasteiger partial charge is 0.362 e. The Balaban J connectivity index is 0.000000202. The number of hydrogen-bond acceptors (Lipinski definition) is 3. The molecule has 0 aliphatic heterocycles. The van der Waals surface area contributed by atoms with Crippen molar-refractivity contribution in [3.63, 3.8) is 0 Å². The Kier molecular flexibility index (Phi) is 9.94. The van der Waals surface area contributed by atoms with Crippen LogP contribution in [0, 0.1) is 30.6 Å². The van der Waals surface area contributed by atoms with Gasteiger partial charge >= 0.3 is 0 Å². The van der Waals surface area contributed by atoms with Gasteiger partial charge in [0.15, 0.2) is 0 Å². The van der Waals surface area contributed by atoms with Gasteiger partial charge in [0.1, 0.15) is 11.6 Å². The third-order valence-electron chi connectivity index (χ3n) is 7.40. The van der Waals surface area contributed by atoms with E-state index in [0.29, 0.717) is 0 Å². The lowest BCUT2D eigenvalue weighted by molar-refractivity contribution is 0.223. The minimum atomic E-state index is 0.788. The summed E-state index contributed by atoms with van der Waals surface area (Å²) in [7, 11) is 3.99. The van der Waals surface area contributed by atoms with Crippen LogP contribution in [0.4, 0.5) is 5.82 Å². The van der Waals surface area contributed by atoms with Gasteiger partial charge in [0.05, 0.1) is 5.52 Å². The van der Waals surface area contributed by atoms with Crippen LogP contribution in [-0.2, 0) is 6.42 Å². The van der Waals surface area contributed by atoms with E-state index in [9.17, 15) is 0 Å². The van der Waals surface area contributed by atoms with E-state index >= 15 is 0 Å². The van der Waals surface area contributed by atoms with Gasteiger partial charge in [-0.25, -0.2) is 9.97 Å². The van der Waals surface area contributed by atoms with Gasteiger partial charge in [0, 0.05) is 24.0 Å². The molecule has 0 radical (unpaired) electrons. The maximum Gasteiger partial charge on any atom is 0.139 e. The van der Waals surface area contributed by atoms with Crippen molar-refractivity contribution < 1.29 is 0 Å². The molecule has 0 bridgehead atoms. The second-order valence-corrected chi connectivity index (χ2v) is 11.6. The number of halogens is 1. The van der Waals surface area contributed by atoms with Crippen molar-refractivity contribution in [2.24, 2.45) is 23.7 Å². The van der Waals surface area contributed by atoms with Crippen molar-refractivity contribution in [2.45, 2.75) is 66.2 Å². The summed E-state index contributed by atoms with van der Waals surface area (Å²) in [5.41, 5.74) is 2.48. The molecule has 3 aromatic rings. The minimum absolute atomic E-state index is 0.788. The summed E-state index contributed by atoms with van der Waals surface area (Å²) in [6, 6.07) is 16.9. The maximum absolute atomic E-state index is 4.42. The van der Waals surface area contributed by atoms with E-state index < -0.39 is 0 Å². The summed E-state index contributed by atoms with van der Waals surface area (Å²) in [6.45, 7) is 9.22. The van der Waals surface area contributed by atoms with Gasteiger partial charge < -0.3 is 4.90 Å². The minimum Gasteiger partial charge on any atom is -0.362 e. The van der Waals surface area contributed by atoms with Crippen molar-refractivity contribution in [1.82, 2.24) is 9.97 Å². The van der Waals surface area contributed by atoms with Crippen LogP contribution < -0.4 is 4.90 Å². The summed E-state index contributed by atoms with van der Waals surface area (Å²) >= 11 is 3.51. The fourth-order valence-corrected chi connectivity index (χ4v) is 5.29. The van der Waals surface area contributed by atoms with E-state index in [1.54, 1.807) is 0 Å². The Hall–Kier alpha value is -1.94. The molecule has 0 spiro atoms. The van der Waals surface area contributed by atoms with Crippen LogP contribution in [-0.4, -0.2) is 24.1 Å². The second kappa shape index (κ2) is 12.7. The topological polar surface area (TPSA) is 29.0 Å². The smallest absolute Gasteiger partial charge is 0.139 e. The highest BCUT2D eigenvalue weighted by Crippen LogP contribution is 2.34. The van der Waals surface area contributed by atoms with E-state index in [0.717, 1.165) is 46.2 Å². The summed E-state index contributed by atoms with van der Waals surface area (Å²) in [5.74, 6) is 5.39. The molecule has 4 rings (SSSR count). The standard InChI is InChI=1S/C19H29Br.C11H13N3/c1-14-4-6-17(7-5-14)12-15(2)16(3)13-18-8-10-19(20)11-9-18;1-8-12-10-7-5-4-6-9(10)11(13-8)14(2)3/h8-11,14-17H,4-7,12-13H2,1-3H3;4-7H,1-3H3. The molecular weight excluding hydrogens is 482 g/mol.